The molecule has 7 heteroatoms. The lowest BCUT2D eigenvalue weighted by molar-refractivity contribution is -0.156. The van der Waals surface area contributed by atoms with Crippen LogP contribution in [0.5, 0.6) is 0 Å². The summed E-state index contributed by atoms with van der Waals surface area (Å²) in [6, 6.07) is 0.921. The van der Waals surface area contributed by atoms with E-state index in [1.807, 2.05) is 28.2 Å². The minimum Gasteiger partial charge on any atom is -0.400 e. The Balaban J connectivity index is 4.02. The molecule has 0 heterocycles. The van der Waals surface area contributed by atoms with Gasteiger partial charge in [0.25, 0.3) is 0 Å². The molecular weight excluding hydrogens is 352 g/mol. The Morgan fingerprint density at radius 2 is 1.64 bits per heavy atom. The van der Waals surface area contributed by atoms with Gasteiger partial charge >= 0.3 is 9.28 Å². The summed E-state index contributed by atoms with van der Waals surface area (Å²) in [4.78, 5) is 16.0. The van der Waals surface area contributed by atoms with Crippen molar-refractivity contribution in [1.29, 1.82) is 0 Å². The maximum Gasteiger partial charge on any atom is 0.323 e. The fourth-order valence-corrected chi connectivity index (χ4v) is 5.50. The maximum atomic E-state index is 11.9. The van der Waals surface area contributed by atoms with Gasteiger partial charge < -0.3 is 8.85 Å². The van der Waals surface area contributed by atoms with Gasteiger partial charge in [-0.25, -0.2) is 0 Å². The van der Waals surface area contributed by atoms with Crippen LogP contribution in [0.25, 0.3) is 0 Å². The molecule has 0 aromatic heterocycles. The van der Waals surface area contributed by atoms with E-state index in [1.54, 1.807) is 7.11 Å². The van der Waals surface area contributed by atoms with Crippen molar-refractivity contribution < 1.29 is 13.6 Å². The van der Waals surface area contributed by atoms with E-state index >= 15 is 0 Å². The van der Waals surface area contributed by atoms with E-state index in [0.29, 0.717) is 5.12 Å². The Labute approximate surface area is 161 Å². The summed E-state index contributed by atoms with van der Waals surface area (Å²) in [7, 11) is 8.02. The highest BCUT2D eigenvalue weighted by Gasteiger charge is 2.34. The van der Waals surface area contributed by atoms with E-state index in [2.05, 4.69) is 23.6 Å². The first-order chi connectivity index (χ1) is 11.8. The number of carbonyl (C=O) groups excluding carboxylic acids is 1. The van der Waals surface area contributed by atoms with E-state index in [4.69, 9.17) is 8.85 Å². The van der Waals surface area contributed by atoms with Gasteiger partial charge in [-0.3, -0.25) is 14.6 Å². The van der Waals surface area contributed by atoms with Crippen LogP contribution in [0.4, 0.5) is 0 Å². The highest BCUT2D eigenvalue weighted by Crippen LogP contribution is 2.20. The number of nitrogens with zero attached hydrogens (tertiary/aromatic N) is 2. The van der Waals surface area contributed by atoms with E-state index < -0.39 is 15.1 Å². The zero-order valence-corrected chi connectivity index (χ0v) is 19.4. The van der Waals surface area contributed by atoms with Crippen LogP contribution in [-0.4, -0.2) is 71.1 Å². The second-order valence-electron chi connectivity index (χ2n) is 7.03. The van der Waals surface area contributed by atoms with Gasteiger partial charge in [-0.15, -0.1) is 0 Å². The molecule has 0 bridgehead atoms. The third-order valence-electron chi connectivity index (χ3n) is 4.61. The van der Waals surface area contributed by atoms with Crippen LogP contribution in [0.1, 0.15) is 58.8 Å². The summed E-state index contributed by atoms with van der Waals surface area (Å²) in [5.41, 5.74) is 0. The van der Waals surface area contributed by atoms with Crippen molar-refractivity contribution in [3.8, 4) is 0 Å². The molecule has 5 nitrogen and oxygen atoms in total. The molecule has 0 saturated heterocycles. The summed E-state index contributed by atoms with van der Waals surface area (Å²) in [6.45, 7) is 4.27. The van der Waals surface area contributed by atoms with E-state index in [1.165, 1.54) is 37.4 Å². The summed E-state index contributed by atoms with van der Waals surface area (Å²) in [5.74, 6) is 0.402. The van der Waals surface area contributed by atoms with Gasteiger partial charge in [0.2, 0.25) is 0 Å². The van der Waals surface area contributed by atoms with Crippen LogP contribution in [-0.2, 0) is 13.6 Å². The lowest BCUT2D eigenvalue weighted by atomic mass is 10.1. The lowest BCUT2D eigenvalue weighted by Gasteiger charge is -2.43. The average molecular weight is 393 g/mol. The fraction of sp³-hybridized carbons (Fsp3) is 0.944. The minimum absolute atomic E-state index is 0.333. The summed E-state index contributed by atoms with van der Waals surface area (Å²) >= 11 is 1.47. The highest BCUT2D eigenvalue weighted by atomic mass is 32.2. The van der Waals surface area contributed by atoms with Gasteiger partial charge in [-0.1, -0.05) is 44.4 Å². The molecule has 0 aliphatic carbocycles. The molecule has 0 aromatic carbocycles. The molecule has 0 aromatic rings. The number of hydrogen-bond donors (Lipinski definition) is 0. The zero-order chi connectivity index (χ0) is 19.3. The number of unbranched alkanes of at least 4 members (excludes halogenated alkanes) is 4. The quantitative estimate of drug-likeness (QED) is 0.241. The van der Waals surface area contributed by atoms with Gasteiger partial charge in [0.05, 0.1) is 0 Å². The van der Waals surface area contributed by atoms with Crippen LogP contribution in [0.2, 0.25) is 6.04 Å². The van der Waals surface area contributed by atoms with Gasteiger partial charge in [-0.2, -0.15) is 0 Å². The van der Waals surface area contributed by atoms with E-state index in [0.717, 1.165) is 31.1 Å². The van der Waals surface area contributed by atoms with Gasteiger partial charge in [0, 0.05) is 19.3 Å². The van der Waals surface area contributed by atoms with Gasteiger partial charge in [0.1, 0.15) is 0 Å². The Bertz CT molecular complexity index is 349. The maximum absolute atomic E-state index is 11.9. The molecule has 150 valence electrons. The van der Waals surface area contributed by atoms with Crippen molar-refractivity contribution in [1.82, 2.24) is 9.80 Å². The van der Waals surface area contributed by atoms with Crippen molar-refractivity contribution in [2.24, 2.45) is 0 Å². The Hall–Kier alpha value is 0.0769. The summed E-state index contributed by atoms with van der Waals surface area (Å²) in [6.07, 6.45) is 7.68. The molecule has 0 rings (SSSR count). The van der Waals surface area contributed by atoms with Crippen molar-refractivity contribution >= 4 is 26.2 Å². The molecule has 0 saturated carbocycles. The Morgan fingerprint density at radius 3 is 2.16 bits per heavy atom. The van der Waals surface area contributed by atoms with Crippen LogP contribution < -0.4 is 0 Å². The molecular formula is C18H40N2O3SSi. The van der Waals surface area contributed by atoms with Crippen LogP contribution in [0.3, 0.4) is 0 Å². The van der Waals surface area contributed by atoms with Gasteiger partial charge in [-0.05, 0) is 54.0 Å². The zero-order valence-electron chi connectivity index (χ0n) is 17.5. The van der Waals surface area contributed by atoms with Crippen molar-refractivity contribution in [3.63, 3.8) is 0 Å². The molecule has 1 unspecified atom stereocenters. The normalized spacial score (nSPS) is 13.6. The predicted molar refractivity (Wildman–Crippen MR) is 111 cm³/mol. The third kappa shape index (κ3) is 10.7. The smallest absolute Gasteiger partial charge is 0.323 e. The predicted octanol–water partition coefficient (Wildman–Crippen LogP) is 3.68. The molecule has 0 spiro atoms. The fourth-order valence-electron chi connectivity index (χ4n) is 2.47. The number of thioether (sulfide) groups is 1. The minimum atomic E-state index is -1.76. The SMILES string of the molecule is CCCCCCCC(=O)SCCC[SiH](OC)OC(C)(N(C)C)N(C)C. The number of rotatable bonds is 15. The lowest BCUT2D eigenvalue weighted by Crippen LogP contribution is -2.57. The molecule has 0 radical (unpaired) electrons. The number of hydrogen-bond acceptors (Lipinski definition) is 6. The first kappa shape index (κ1) is 25.1. The van der Waals surface area contributed by atoms with Crippen molar-refractivity contribution in [2.75, 3.05) is 41.1 Å². The van der Waals surface area contributed by atoms with E-state index in [-0.39, 0.29) is 0 Å². The van der Waals surface area contributed by atoms with Crippen molar-refractivity contribution in [3.05, 3.63) is 0 Å². The van der Waals surface area contributed by atoms with Crippen LogP contribution in [0.15, 0.2) is 0 Å². The third-order valence-corrected chi connectivity index (χ3v) is 7.74. The summed E-state index contributed by atoms with van der Waals surface area (Å²) < 4.78 is 11.9. The molecule has 0 amide bonds. The monoisotopic (exact) mass is 392 g/mol. The first-order valence-electron chi connectivity index (χ1n) is 9.49. The topological polar surface area (TPSA) is 42.0 Å². The first-order valence-corrected chi connectivity index (χ1v) is 12.2. The molecule has 1 atom stereocenters. The second-order valence-corrected chi connectivity index (χ2v) is 10.3. The van der Waals surface area contributed by atoms with Crippen LogP contribution >= 0.6 is 11.8 Å². The highest BCUT2D eigenvalue weighted by molar-refractivity contribution is 8.13. The molecule has 0 aliphatic heterocycles. The molecule has 0 fully saturated rings. The van der Waals surface area contributed by atoms with Crippen molar-refractivity contribution in [2.45, 2.75) is 70.7 Å². The summed E-state index contributed by atoms with van der Waals surface area (Å²) in [5, 5.41) is 0.333. The number of carbonyl (C=O) groups is 1. The Morgan fingerprint density at radius 1 is 1.04 bits per heavy atom. The van der Waals surface area contributed by atoms with Gasteiger partial charge in [0.15, 0.2) is 11.0 Å². The second kappa shape index (κ2) is 14.2. The molecule has 25 heavy (non-hydrogen) atoms. The molecule has 0 N–H and O–H groups in total. The van der Waals surface area contributed by atoms with Crippen LogP contribution in [0, 0.1) is 0 Å². The standard InChI is InChI=1S/C18H40N2O3SSi/c1-8-9-10-11-12-14-17(21)24-15-13-16-25(22-7)23-18(2,19(3)4)20(5)6/h25H,8-16H2,1-7H3. The molecule has 0 aliphatic rings. The van der Waals surface area contributed by atoms with E-state index in [9.17, 15) is 4.79 Å². The average Bonchev–Trinajstić information content (AvgIpc) is 2.56. The largest absolute Gasteiger partial charge is 0.400 e. The Kier molecular flexibility index (Phi) is 14.2.